The van der Waals surface area contributed by atoms with Gasteiger partial charge in [0.25, 0.3) is 5.91 Å². The van der Waals surface area contributed by atoms with Gasteiger partial charge in [-0.2, -0.15) is 0 Å². The molecule has 0 bridgehead atoms. The smallest absolute Gasteiger partial charge is 0.265 e. The van der Waals surface area contributed by atoms with Crippen molar-refractivity contribution in [2.45, 2.75) is 19.4 Å². The number of hydrogen-bond donors (Lipinski definition) is 2. The summed E-state index contributed by atoms with van der Waals surface area (Å²) in [6.07, 6.45) is 0.678. The van der Waals surface area contributed by atoms with Crippen LogP contribution in [-0.4, -0.2) is 31.8 Å². The van der Waals surface area contributed by atoms with Crippen LogP contribution in [-0.2, 0) is 9.53 Å². The molecule has 1 aromatic rings. The highest BCUT2D eigenvalue weighted by Gasteiger charge is 2.23. The Morgan fingerprint density at radius 3 is 3.16 bits per heavy atom. The first-order valence-electron chi connectivity index (χ1n) is 6.65. The molecule has 1 saturated heterocycles. The van der Waals surface area contributed by atoms with Crippen molar-refractivity contribution < 1.29 is 14.3 Å². The zero-order valence-corrected chi connectivity index (χ0v) is 10.9. The van der Waals surface area contributed by atoms with Crippen LogP contribution in [0.5, 0.6) is 5.75 Å². The van der Waals surface area contributed by atoms with E-state index in [-0.39, 0.29) is 5.91 Å². The molecule has 0 spiro atoms. The van der Waals surface area contributed by atoms with Crippen molar-refractivity contribution in [3.05, 3.63) is 18.2 Å². The summed E-state index contributed by atoms with van der Waals surface area (Å²) in [6.45, 7) is 4.32. The summed E-state index contributed by atoms with van der Waals surface area (Å²) < 4.78 is 10.9. The number of nitrogens with one attached hydrogen (secondary N) is 2. The molecule has 0 saturated carbocycles. The molecule has 1 amide bonds. The van der Waals surface area contributed by atoms with Crippen LogP contribution in [0, 0.1) is 5.92 Å². The SMILES string of the molecule is CC1Oc2ccc(NCC3CCOC3)cc2NC1=O. The Labute approximate surface area is 112 Å². The van der Waals surface area contributed by atoms with Crippen molar-refractivity contribution in [1.82, 2.24) is 0 Å². The fraction of sp³-hybridized carbons (Fsp3) is 0.500. The summed E-state index contributed by atoms with van der Waals surface area (Å²) >= 11 is 0. The van der Waals surface area contributed by atoms with Crippen LogP contribution in [0.15, 0.2) is 18.2 Å². The summed E-state index contributed by atoms with van der Waals surface area (Å²) in [5, 5.41) is 6.23. The van der Waals surface area contributed by atoms with Crippen molar-refractivity contribution >= 4 is 17.3 Å². The van der Waals surface area contributed by atoms with Crippen molar-refractivity contribution in [2.75, 3.05) is 30.4 Å². The van der Waals surface area contributed by atoms with E-state index >= 15 is 0 Å². The first kappa shape index (κ1) is 12.3. The van der Waals surface area contributed by atoms with Crippen molar-refractivity contribution in [3.8, 4) is 5.75 Å². The van der Waals surface area contributed by atoms with Gasteiger partial charge in [0, 0.05) is 24.8 Å². The van der Waals surface area contributed by atoms with E-state index in [1.54, 1.807) is 6.92 Å². The molecular weight excluding hydrogens is 244 g/mol. The number of ether oxygens (including phenoxy) is 2. The predicted octanol–water partition coefficient (Wildman–Crippen LogP) is 1.85. The van der Waals surface area contributed by atoms with Crippen LogP contribution >= 0.6 is 0 Å². The lowest BCUT2D eigenvalue weighted by atomic mass is 10.1. The first-order valence-corrected chi connectivity index (χ1v) is 6.65. The van der Waals surface area contributed by atoms with E-state index in [0.29, 0.717) is 5.92 Å². The van der Waals surface area contributed by atoms with Crippen LogP contribution in [0.3, 0.4) is 0 Å². The molecule has 1 aromatic carbocycles. The largest absolute Gasteiger partial charge is 0.479 e. The molecule has 0 aromatic heterocycles. The zero-order valence-electron chi connectivity index (χ0n) is 10.9. The average molecular weight is 262 g/mol. The Bertz CT molecular complexity index is 484. The predicted molar refractivity (Wildman–Crippen MR) is 72.6 cm³/mol. The lowest BCUT2D eigenvalue weighted by Crippen LogP contribution is -2.34. The second-order valence-electron chi connectivity index (χ2n) is 5.07. The number of carbonyl (C=O) groups excluding carboxylic acids is 1. The fourth-order valence-electron chi connectivity index (χ4n) is 2.33. The van der Waals surface area contributed by atoms with E-state index < -0.39 is 6.10 Å². The van der Waals surface area contributed by atoms with E-state index in [1.165, 1.54) is 0 Å². The van der Waals surface area contributed by atoms with Gasteiger partial charge in [0.1, 0.15) is 5.75 Å². The van der Waals surface area contributed by atoms with E-state index in [4.69, 9.17) is 9.47 Å². The Balaban J connectivity index is 1.67. The van der Waals surface area contributed by atoms with Crippen LogP contribution in [0.4, 0.5) is 11.4 Å². The second kappa shape index (κ2) is 5.09. The zero-order chi connectivity index (χ0) is 13.2. The molecule has 2 aliphatic rings. The van der Waals surface area contributed by atoms with Crippen LogP contribution in [0.1, 0.15) is 13.3 Å². The molecular formula is C14H18N2O3. The number of carbonyl (C=O) groups is 1. The molecule has 2 unspecified atom stereocenters. The van der Waals surface area contributed by atoms with Crippen LogP contribution in [0.2, 0.25) is 0 Å². The lowest BCUT2D eigenvalue weighted by molar-refractivity contribution is -0.122. The highest BCUT2D eigenvalue weighted by molar-refractivity contribution is 5.98. The number of hydrogen-bond acceptors (Lipinski definition) is 4. The minimum absolute atomic E-state index is 0.103. The summed E-state index contributed by atoms with van der Waals surface area (Å²) in [4.78, 5) is 11.6. The van der Waals surface area contributed by atoms with Crippen LogP contribution in [0.25, 0.3) is 0 Å². The van der Waals surface area contributed by atoms with Crippen LogP contribution < -0.4 is 15.4 Å². The number of rotatable bonds is 3. The van der Waals surface area contributed by atoms with Gasteiger partial charge in [0.05, 0.1) is 12.3 Å². The maximum Gasteiger partial charge on any atom is 0.265 e. The van der Waals surface area contributed by atoms with Gasteiger partial charge in [0.15, 0.2) is 6.10 Å². The first-order chi connectivity index (χ1) is 9.22. The molecule has 0 aliphatic carbocycles. The van der Waals surface area contributed by atoms with Gasteiger partial charge in [-0.15, -0.1) is 0 Å². The molecule has 2 N–H and O–H groups in total. The van der Waals surface area contributed by atoms with Gasteiger partial charge >= 0.3 is 0 Å². The van der Waals surface area contributed by atoms with E-state index in [1.807, 2.05) is 18.2 Å². The van der Waals surface area contributed by atoms with Gasteiger partial charge in [-0.1, -0.05) is 0 Å². The summed E-state index contributed by atoms with van der Waals surface area (Å²) in [5.41, 5.74) is 1.72. The summed E-state index contributed by atoms with van der Waals surface area (Å²) in [5.74, 6) is 1.19. The van der Waals surface area contributed by atoms with Gasteiger partial charge in [-0.3, -0.25) is 4.79 Å². The third-order valence-corrected chi connectivity index (χ3v) is 3.53. The topological polar surface area (TPSA) is 59.6 Å². The summed E-state index contributed by atoms with van der Waals surface area (Å²) in [7, 11) is 0. The van der Waals surface area contributed by atoms with Gasteiger partial charge in [0.2, 0.25) is 0 Å². The molecule has 19 heavy (non-hydrogen) atoms. The lowest BCUT2D eigenvalue weighted by Gasteiger charge is -2.24. The number of benzene rings is 1. The van der Waals surface area contributed by atoms with Gasteiger partial charge in [-0.05, 0) is 31.5 Å². The second-order valence-corrected chi connectivity index (χ2v) is 5.07. The molecule has 1 fully saturated rings. The standard InChI is InChI=1S/C14H18N2O3/c1-9-14(17)16-12-6-11(2-3-13(12)19-9)15-7-10-4-5-18-8-10/h2-3,6,9-10,15H,4-5,7-8H2,1H3,(H,16,17). The Hall–Kier alpha value is -1.75. The van der Waals surface area contributed by atoms with Crippen molar-refractivity contribution in [2.24, 2.45) is 5.92 Å². The molecule has 2 aliphatic heterocycles. The third-order valence-electron chi connectivity index (χ3n) is 3.53. The van der Waals surface area contributed by atoms with Gasteiger partial charge in [-0.25, -0.2) is 0 Å². The number of anilines is 2. The molecule has 2 heterocycles. The quantitative estimate of drug-likeness (QED) is 0.873. The molecule has 3 rings (SSSR count). The minimum atomic E-state index is -0.429. The molecule has 102 valence electrons. The molecule has 2 atom stereocenters. The summed E-state index contributed by atoms with van der Waals surface area (Å²) in [6, 6.07) is 5.77. The van der Waals surface area contributed by atoms with Crippen molar-refractivity contribution in [1.29, 1.82) is 0 Å². The maximum atomic E-state index is 11.6. The molecule has 0 radical (unpaired) electrons. The molecule has 5 heteroatoms. The van der Waals surface area contributed by atoms with E-state index in [9.17, 15) is 4.79 Å². The average Bonchev–Trinajstić information content (AvgIpc) is 2.91. The number of amides is 1. The molecule has 5 nitrogen and oxygen atoms in total. The Morgan fingerprint density at radius 1 is 1.47 bits per heavy atom. The Morgan fingerprint density at radius 2 is 2.37 bits per heavy atom. The normalized spacial score (nSPS) is 25.4. The van der Waals surface area contributed by atoms with E-state index in [2.05, 4.69) is 10.6 Å². The Kier molecular flexibility index (Phi) is 3.29. The minimum Gasteiger partial charge on any atom is -0.479 e. The van der Waals surface area contributed by atoms with E-state index in [0.717, 1.165) is 43.3 Å². The highest BCUT2D eigenvalue weighted by Crippen LogP contribution is 2.32. The fourth-order valence-corrected chi connectivity index (χ4v) is 2.33. The monoisotopic (exact) mass is 262 g/mol. The van der Waals surface area contributed by atoms with Gasteiger partial charge < -0.3 is 20.1 Å². The number of fused-ring (bicyclic) bond motifs is 1. The van der Waals surface area contributed by atoms with Crippen molar-refractivity contribution in [3.63, 3.8) is 0 Å². The maximum absolute atomic E-state index is 11.6. The third kappa shape index (κ3) is 2.66. The highest BCUT2D eigenvalue weighted by atomic mass is 16.5.